The molecule has 32 heavy (non-hydrogen) atoms. The molecule has 0 saturated carbocycles. The van der Waals surface area contributed by atoms with Gasteiger partial charge in [0.15, 0.2) is 0 Å². The number of hydrogen-bond donors (Lipinski definition) is 0. The van der Waals surface area contributed by atoms with E-state index in [0.29, 0.717) is 19.8 Å². The van der Waals surface area contributed by atoms with Crippen molar-refractivity contribution in [3.8, 4) is 0 Å². The molecule has 0 aromatic heterocycles. The molecule has 0 N–H and O–H groups in total. The lowest BCUT2D eigenvalue weighted by Crippen LogP contribution is -2.42. The molecule has 0 heterocycles. The first kappa shape index (κ1) is 28.0. The number of ether oxygens (including phenoxy) is 3. The number of esters is 1. The highest BCUT2D eigenvalue weighted by Crippen LogP contribution is 2.11. The highest BCUT2D eigenvalue weighted by Gasteiger charge is 2.24. The van der Waals surface area contributed by atoms with Gasteiger partial charge in [-0.2, -0.15) is 0 Å². The van der Waals surface area contributed by atoms with Crippen molar-refractivity contribution >= 4 is 12.1 Å². The van der Waals surface area contributed by atoms with Crippen LogP contribution in [0.25, 0.3) is 0 Å². The van der Waals surface area contributed by atoms with Gasteiger partial charge in [-0.05, 0) is 18.9 Å². The van der Waals surface area contributed by atoms with Crippen LogP contribution >= 0.6 is 0 Å². The summed E-state index contributed by atoms with van der Waals surface area (Å²) in [5.74, 6) is -0.402. The Morgan fingerprint density at radius 2 is 1.41 bits per heavy atom. The third kappa shape index (κ3) is 13.4. The maximum atomic E-state index is 12.2. The van der Waals surface area contributed by atoms with E-state index in [2.05, 4.69) is 6.92 Å². The molecule has 0 fully saturated rings. The first-order chi connectivity index (χ1) is 15.6. The van der Waals surface area contributed by atoms with E-state index in [0.717, 1.165) is 18.4 Å². The van der Waals surface area contributed by atoms with Crippen LogP contribution in [0.4, 0.5) is 4.79 Å². The van der Waals surface area contributed by atoms with Gasteiger partial charge in [0.2, 0.25) is 0 Å². The molecule has 0 spiro atoms. The summed E-state index contributed by atoms with van der Waals surface area (Å²) in [4.78, 5) is 25.6. The zero-order valence-corrected chi connectivity index (χ0v) is 20.4. The van der Waals surface area contributed by atoms with Crippen molar-refractivity contribution in [2.45, 2.75) is 90.7 Å². The number of hydrogen-bond acceptors (Lipinski definition) is 5. The fourth-order valence-electron chi connectivity index (χ4n) is 3.25. The van der Waals surface area contributed by atoms with Crippen molar-refractivity contribution < 1.29 is 23.8 Å². The average Bonchev–Trinajstić information content (AvgIpc) is 2.81. The second kappa shape index (κ2) is 18.5. The van der Waals surface area contributed by atoms with Crippen molar-refractivity contribution in [1.82, 2.24) is 4.90 Å². The average molecular weight is 450 g/mol. The smallest absolute Gasteiger partial charge is 0.410 e. The molecule has 1 aromatic rings. The lowest BCUT2D eigenvalue weighted by atomic mass is 10.1. The van der Waals surface area contributed by atoms with Crippen LogP contribution in [0.15, 0.2) is 30.3 Å². The Labute approximate surface area is 194 Å². The van der Waals surface area contributed by atoms with Crippen molar-refractivity contribution in [3.63, 3.8) is 0 Å². The highest BCUT2D eigenvalue weighted by molar-refractivity contribution is 5.80. The standard InChI is InChI=1S/C26H43NO5/c1-4-5-6-7-8-9-10-11-12-16-19-31-25(28)23(2)27(3)26(29)32-21-20-30-22-24-17-14-13-15-18-24/h13-15,17-18,23H,4-12,16,19-22H2,1-3H3. The van der Waals surface area contributed by atoms with Crippen LogP contribution in [-0.4, -0.2) is 49.9 Å². The lowest BCUT2D eigenvalue weighted by molar-refractivity contribution is -0.148. The molecule has 0 saturated heterocycles. The number of carbonyl (C=O) groups excluding carboxylic acids is 2. The van der Waals surface area contributed by atoms with Gasteiger partial charge in [-0.25, -0.2) is 9.59 Å². The number of nitrogens with zero attached hydrogens (tertiary/aromatic N) is 1. The molecule has 1 atom stereocenters. The first-order valence-electron chi connectivity index (χ1n) is 12.2. The quantitative estimate of drug-likeness (QED) is 0.199. The van der Waals surface area contributed by atoms with Gasteiger partial charge in [0.05, 0.1) is 19.8 Å². The van der Waals surface area contributed by atoms with E-state index in [9.17, 15) is 9.59 Å². The number of likely N-dealkylation sites (N-methyl/N-ethyl adjacent to an activating group) is 1. The van der Waals surface area contributed by atoms with Gasteiger partial charge in [0.25, 0.3) is 0 Å². The van der Waals surface area contributed by atoms with E-state index < -0.39 is 18.1 Å². The van der Waals surface area contributed by atoms with E-state index in [1.807, 2.05) is 30.3 Å². The highest BCUT2D eigenvalue weighted by atomic mass is 16.6. The molecule has 0 aliphatic heterocycles. The number of carbonyl (C=O) groups is 2. The van der Waals surface area contributed by atoms with Crippen LogP contribution in [0, 0.1) is 0 Å². The van der Waals surface area contributed by atoms with E-state index in [4.69, 9.17) is 14.2 Å². The Bertz CT molecular complexity index is 607. The van der Waals surface area contributed by atoms with Crippen LogP contribution in [0.3, 0.4) is 0 Å². The summed E-state index contributed by atoms with van der Waals surface area (Å²) in [7, 11) is 1.54. The first-order valence-corrected chi connectivity index (χ1v) is 12.2. The molecule has 0 radical (unpaired) electrons. The molecule has 0 aliphatic carbocycles. The van der Waals surface area contributed by atoms with Gasteiger partial charge in [0, 0.05) is 7.05 Å². The zero-order valence-electron chi connectivity index (χ0n) is 20.4. The van der Waals surface area contributed by atoms with Crippen LogP contribution in [0.5, 0.6) is 0 Å². The molecule has 6 heteroatoms. The fraction of sp³-hybridized carbons (Fsp3) is 0.692. The molecule has 0 bridgehead atoms. The van der Waals surface area contributed by atoms with Crippen molar-refractivity contribution in [2.75, 3.05) is 26.9 Å². The second-order valence-corrected chi connectivity index (χ2v) is 8.29. The summed E-state index contributed by atoms with van der Waals surface area (Å²) in [6, 6.07) is 9.11. The number of benzene rings is 1. The van der Waals surface area contributed by atoms with Gasteiger partial charge in [-0.1, -0.05) is 95.0 Å². The van der Waals surface area contributed by atoms with Crippen LogP contribution in [-0.2, 0) is 25.6 Å². The molecule has 1 amide bonds. The number of rotatable bonds is 18. The molecule has 0 aliphatic rings. The third-order valence-electron chi connectivity index (χ3n) is 5.52. The topological polar surface area (TPSA) is 65.1 Å². The maximum Gasteiger partial charge on any atom is 0.410 e. The minimum absolute atomic E-state index is 0.135. The number of amides is 1. The minimum Gasteiger partial charge on any atom is -0.464 e. The fourth-order valence-corrected chi connectivity index (χ4v) is 3.25. The molecule has 6 nitrogen and oxygen atoms in total. The zero-order chi connectivity index (χ0) is 23.4. The van der Waals surface area contributed by atoms with Crippen LogP contribution < -0.4 is 0 Å². The Balaban J connectivity index is 2.03. The monoisotopic (exact) mass is 449 g/mol. The predicted octanol–water partition coefficient (Wildman–Crippen LogP) is 6.12. The second-order valence-electron chi connectivity index (χ2n) is 8.29. The molecular weight excluding hydrogens is 406 g/mol. The van der Waals surface area contributed by atoms with E-state index >= 15 is 0 Å². The summed E-state index contributed by atoms with van der Waals surface area (Å²) in [5, 5.41) is 0. The van der Waals surface area contributed by atoms with Crippen LogP contribution in [0.1, 0.15) is 83.6 Å². The Morgan fingerprint density at radius 1 is 0.812 bits per heavy atom. The Hall–Kier alpha value is -2.08. The summed E-state index contributed by atoms with van der Waals surface area (Å²) >= 11 is 0. The Kier molecular flexibility index (Phi) is 16.1. The van der Waals surface area contributed by atoms with Gasteiger partial charge in [0.1, 0.15) is 12.6 Å². The summed E-state index contributed by atoms with van der Waals surface area (Å²) in [6.07, 6.45) is 11.8. The van der Waals surface area contributed by atoms with Crippen molar-refractivity contribution in [1.29, 1.82) is 0 Å². The van der Waals surface area contributed by atoms with Gasteiger partial charge in [-0.3, -0.25) is 4.90 Å². The minimum atomic E-state index is -0.684. The summed E-state index contributed by atoms with van der Waals surface area (Å²) in [5.41, 5.74) is 1.06. The predicted molar refractivity (Wildman–Crippen MR) is 127 cm³/mol. The van der Waals surface area contributed by atoms with Gasteiger partial charge >= 0.3 is 12.1 Å². The van der Waals surface area contributed by atoms with Crippen LogP contribution in [0.2, 0.25) is 0 Å². The van der Waals surface area contributed by atoms with Gasteiger partial charge in [-0.15, -0.1) is 0 Å². The molecule has 1 aromatic carbocycles. The van der Waals surface area contributed by atoms with Crippen molar-refractivity contribution in [3.05, 3.63) is 35.9 Å². The largest absolute Gasteiger partial charge is 0.464 e. The molecule has 1 rings (SSSR count). The molecule has 182 valence electrons. The van der Waals surface area contributed by atoms with E-state index in [-0.39, 0.29) is 6.61 Å². The van der Waals surface area contributed by atoms with E-state index in [1.165, 1.54) is 56.3 Å². The molecule has 1 unspecified atom stereocenters. The van der Waals surface area contributed by atoms with Crippen molar-refractivity contribution in [2.24, 2.45) is 0 Å². The molecular formula is C26H43NO5. The van der Waals surface area contributed by atoms with E-state index in [1.54, 1.807) is 14.0 Å². The maximum absolute atomic E-state index is 12.2. The SMILES string of the molecule is CCCCCCCCCCCCOC(=O)C(C)N(C)C(=O)OCCOCc1ccccc1. The summed E-state index contributed by atoms with van der Waals surface area (Å²) in [6.45, 7) is 5.18. The van der Waals surface area contributed by atoms with Gasteiger partial charge < -0.3 is 14.2 Å². The normalized spacial score (nSPS) is 11.7. The summed E-state index contributed by atoms with van der Waals surface area (Å²) < 4.78 is 16.0. The number of unbranched alkanes of at least 4 members (excludes halogenated alkanes) is 9. The lowest BCUT2D eigenvalue weighted by Gasteiger charge is -2.22. The Morgan fingerprint density at radius 3 is 2.03 bits per heavy atom. The third-order valence-corrected chi connectivity index (χ3v) is 5.52.